The van der Waals surface area contributed by atoms with Crippen LogP contribution in [0.25, 0.3) is 0 Å². The summed E-state index contributed by atoms with van der Waals surface area (Å²) < 4.78 is 6.55. The second-order valence-electron chi connectivity index (χ2n) is 7.61. The summed E-state index contributed by atoms with van der Waals surface area (Å²) in [5.74, 6) is 0.501. The maximum Gasteiger partial charge on any atom is 0.192 e. The van der Waals surface area contributed by atoms with Crippen LogP contribution >= 0.6 is 0 Å². The molecule has 0 aliphatic rings. The van der Waals surface area contributed by atoms with Gasteiger partial charge in [-0.05, 0) is 37.9 Å². The Balaban J connectivity index is 5.14. The van der Waals surface area contributed by atoms with Gasteiger partial charge in [0.15, 0.2) is 8.32 Å². The lowest BCUT2D eigenvalue weighted by atomic mass is 9.93. The molecule has 0 bridgehead atoms. The summed E-state index contributed by atoms with van der Waals surface area (Å²) in [6.45, 7) is 20.0. The van der Waals surface area contributed by atoms with Gasteiger partial charge in [0.25, 0.3) is 0 Å². The van der Waals surface area contributed by atoms with Crippen molar-refractivity contribution in [3.05, 3.63) is 11.6 Å². The fraction of sp³-hybridized carbons (Fsp3) is 0.875. The lowest BCUT2D eigenvalue weighted by Crippen LogP contribution is -2.47. The molecule has 0 aliphatic carbocycles. The summed E-state index contributed by atoms with van der Waals surface area (Å²) in [6.07, 6.45) is 2.35. The zero-order valence-corrected chi connectivity index (χ0v) is 15.4. The summed E-state index contributed by atoms with van der Waals surface area (Å²) in [6, 6.07) is 0. The van der Waals surface area contributed by atoms with Crippen LogP contribution in [0.4, 0.5) is 0 Å². The molecule has 0 spiro atoms. The maximum atomic E-state index is 9.50. The quantitative estimate of drug-likeness (QED) is 0.571. The molecule has 0 aromatic heterocycles. The Morgan fingerprint density at radius 1 is 1.21 bits per heavy atom. The first-order valence-corrected chi connectivity index (χ1v) is 10.3. The van der Waals surface area contributed by atoms with Gasteiger partial charge in [-0.3, -0.25) is 0 Å². The second-order valence-corrected chi connectivity index (χ2v) is 12.4. The molecule has 114 valence electrons. The van der Waals surface area contributed by atoms with Crippen molar-refractivity contribution in [1.82, 2.24) is 0 Å². The molecule has 0 radical (unpaired) electrons. The van der Waals surface area contributed by atoms with Crippen molar-refractivity contribution < 1.29 is 9.53 Å². The molecule has 0 aromatic carbocycles. The topological polar surface area (TPSA) is 29.5 Å². The smallest absolute Gasteiger partial charge is 0.192 e. The first-order chi connectivity index (χ1) is 8.42. The van der Waals surface area contributed by atoms with Crippen molar-refractivity contribution in [3.63, 3.8) is 0 Å². The Morgan fingerprint density at radius 2 is 1.68 bits per heavy atom. The first kappa shape index (κ1) is 18.9. The van der Waals surface area contributed by atoms with Crippen molar-refractivity contribution >= 4 is 8.32 Å². The predicted octanol–water partition coefficient (Wildman–Crippen LogP) is 4.61. The number of aliphatic hydroxyl groups is 1. The van der Waals surface area contributed by atoms with Gasteiger partial charge in [0.2, 0.25) is 0 Å². The standard InChI is InChI=1S/C16H34O2Si/c1-12(2)10-13(3)15(14(4)11-17)18-19(8,9)16(5,6)7/h10,13-15,17H,11H2,1-9H3/t13-,14-,15+/m0/s1. The van der Waals surface area contributed by atoms with Crippen molar-refractivity contribution in [2.75, 3.05) is 6.61 Å². The molecular weight excluding hydrogens is 252 g/mol. The average Bonchev–Trinajstić information content (AvgIpc) is 2.22. The highest BCUT2D eigenvalue weighted by molar-refractivity contribution is 6.74. The van der Waals surface area contributed by atoms with Crippen LogP contribution in [0.3, 0.4) is 0 Å². The van der Waals surface area contributed by atoms with Gasteiger partial charge in [0.05, 0.1) is 6.10 Å². The Hall–Kier alpha value is -0.123. The summed E-state index contributed by atoms with van der Waals surface area (Å²) >= 11 is 0. The third kappa shape index (κ3) is 5.80. The van der Waals surface area contributed by atoms with Gasteiger partial charge >= 0.3 is 0 Å². The minimum Gasteiger partial charge on any atom is -0.413 e. The lowest BCUT2D eigenvalue weighted by Gasteiger charge is -2.42. The molecule has 0 saturated carbocycles. The number of hydrogen-bond donors (Lipinski definition) is 1. The molecule has 3 heteroatoms. The predicted molar refractivity (Wildman–Crippen MR) is 86.9 cm³/mol. The summed E-state index contributed by atoms with van der Waals surface area (Å²) in [7, 11) is -1.80. The van der Waals surface area contributed by atoms with Crippen molar-refractivity contribution in [2.45, 2.75) is 72.7 Å². The van der Waals surface area contributed by atoms with Gasteiger partial charge < -0.3 is 9.53 Å². The van der Waals surface area contributed by atoms with Gasteiger partial charge in [-0.1, -0.05) is 46.3 Å². The summed E-state index contributed by atoms with van der Waals surface area (Å²) in [5, 5.41) is 9.70. The Kier molecular flexibility index (Phi) is 7.00. The minimum atomic E-state index is -1.80. The Bertz CT molecular complexity index is 298. The fourth-order valence-corrected chi connectivity index (χ4v) is 3.46. The second kappa shape index (κ2) is 7.05. The Morgan fingerprint density at radius 3 is 2.00 bits per heavy atom. The molecule has 0 amide bonds. The number of allylic oxidation sites excluding steroid dienone is 1. The van der Waals surface area contributed by atoms with E-state index in [4.69, 9.17) is 4.43 Å². The van der Waals surface area contributed by atoms with E-state index in [1.807, 2.05) is 0 Å². The van der Waals surface area contributed by atoms with Crippen molar-refractivity contribution in [1.29, 1.82) is 0 Å². The lowest BCUT2D eigenvalue weighted by molar-refractivity contribution is 0.0597. The zero-order valence-electron chi connectivity index (χ0n) is 14.4. The van der Waals surface area contributed by atoms with Crippen LogP contribution in [0.1, 0.15) is 48.5 Å². The molecule has 0 saturated heterocycles. The van der Waals surface area contributed by atoms with Crippen LogP contribution in [0, 0.1) is 11.8 Å². The van der Waals surface area contributed by atoms with E-state index in [1.54, 1.807) is 0 Å². The van der Waals surface area contributed by atoms with Crippen LogP contribution in [0.5, 0.6) is 0 Å². The number of rotatable bonds is 6. The van der Waals surface area contributed by atoms with E-state index < -0.39 is 8.32 Å². The van der Waals surface area contributed by atoms with Gasteiger partial charge in [-0.15, -0.1) is 0 Å². The monoisotopic (exact) mass is 286 g/mol. The molecule has 0 unspecified atom stereocenters. The van der Waals surface area contributed by atoms with E-state index in [2.05, 4.69) is 67.6 Å². The summed E-state index contributed by atoms with van der Waals surface area (Å²) in [4.78, 5) is 0. The maximum absolute atomic E-state index is 9.50. The van der Waals surface area contributed by atoms with Crippen LogP contribution < -0.4 is 0 Å². The number of aliphatic hydroxyl groups excluding tert-OH is 1. The van der Waals surface area contributed by atoms with Gasteiger partial charge in [-0.25, -0.2) is 0 Å². The van der Waals surface area contributed by atoms with Gasteiger partial charge in [0.1, 0.15) is 0 Å². The highest BCUT2D eigenvalue weighted by Gasteiger charge is 2.41. The molecule has 0 rings (SSSR count). The van der Waals surface area contributed by atoms with E-state index >= 15 is 0 Å². The first-order valence-electron chi connectivity index (χ1n) is 7.36. The summed E-state index contributed by atoms with van der Waals surface area (Å²) in [5.41, 5.74) is 1.31. The van der Waals surface area contributed by atoms with Crippen LogP contribution in [-0.2, 0) is 4.43 Å². The SMILES string of the molecule is CC(C)=C[C@H](C)[C@@H](O[Si](C)(C)C(C)(C)C)[C@@H](C)CO. The molecule has 3 atom stereocenters. The van der Waals surface area contributed by atoms with Crippen LogP contribution in [-0.4, -0.2) is 26.1 Å². The molecule has 2 nitrogen and oxygen atoms in total. The molecule has 0 heterocycles. The minimum absolute atomic E-state index is 0.0980. The largest absolute Gasteiger partial charge is 0.413 e. The van der Waals surface area contributed by atoms with Crippen molar-refractivity contribution in [2.24, 2.45) is 11.8 Å². The highest BCUT2D eigenvalue weighted by atomic mass is 28.4. The number of hydrogen-bond acceptors (Lipinski definition) is 2. The van der Waals surface area contributed by atoms with E-state index in [0.29, 0.717) is 5.92 Å². The van der Waals surface area contributed by atoms with E-state index in [0.717, 1.165) is 0 Å². The van der Waals surface area contributed by atoms with Gasteiger partial charge in [-0.2, -0.15) is 0 Å². The molecule has 1 N–H and O–H groups in total. The fourth-order valence-electron chi connectivity index (χ4n) is 1.98. The molecule has 0 aliphatic heterocycles. The zero-order chi connectivity index (χ0) is 15.4. The third-order valence-corrected chi connectivity index (χ3v) is 8.67. The molecule has 0 fully saturated rings. The average molecular weight is 287 g/mol. The third-order valence-electron chi connectivity index (χ3n) is 4.20. The highest BCUT2D eigenvalue weighted by Crippen LogP contribution is 2.39. The molecule has 0 aromatic rings. The Labute approximate surface area is 121 Å². The van der Waals surface area contributed by atoms with E-state index in [1.165, 1.54) is 5.57 Å². The molecular formula is C16H34O2Si. The molecule has 19 heavy (non-hydrogen) atoms. The van der Waals surface area contributed by atoms with E-state index in [9.17, 15) is 5.11 Å². The van der Waals surface area contributed by atoms with E-state index in [-0.39, 0.29) is 23.7 Å². The van der Waals surface area contributed by atoms with Crippen LogP contribution in [0.15, 0.2) is 11.6 Å². The van der Waals surface area contributed by atoms with Crippen LogP contribution in [0.2, 0.25) is 18.1 Å². The van der Waals surface area contributed by atoms with Crippen molar-refractivity contribution in [3.8, 4) is 0 Å². The normalized spacial score (nSPS) is 17.8. The van der Waals surface area contributed by atoms with Gasteiger partial charge in [0, 0.05) is 12.5 Å².